The summed E-state index contributed by atoms with van der Waals surface area (Å²) in [5, 5.41) is 3.40. The zero-order chi connectivity index (χ0) is 21.1. The topological polar surface area (TPSA) is 88.6 Å². The second kappa shape index (κ2) is 8.62. The number of fused-ring (bicyclic) bond motifs is 2. The number of nitrogens with one attached hydrogen (secondary N) is 1. The number of benzene rings is 2. The molecule has 154 valence electrons. The molecule has 30 heavy (non-hydrogen) atoms. The largest absolute Gasteiger partial charge is 0.497 e. The Balaban J connectivity index is 1.21. The van der Waals surface area contributed by atoms with Gasteiger partial charge in [-0.1, -0.05) is 29.9 Å². The molecule has 1 aromatic heterocycles. The van der Waals surface area contributed by atoms with Gasteiger partial charge in [-0.3, -0.25) is 19.3 Å². The summed E-state index contributed by atoms with van der Waals surface area (Å²) in [6.07, 6.45) is 2.45. The minimum absolute atomic E-state index is 0.0956. The number of unbranched alkanes of at least 4 members (excludes halogenated alkanes) is 2. The molecule has 0 saturated heterocycles. The second-order valence-electron chi connectivity index (χ2n) is 7.02. The van der Waals surface area contributed by atoms with Crippen LogP contribution in [0.15, 0.2) is 42.5 Å². The standard InChI is InChI=1S/C22H21N3O4S/c1-29-14-10-11-17-18(13-14)30-22(23-17)24-19(26)9-3-2-6-12-25-20(27)15-7-4-5-8-16(15)21(25)28/h4-5,7-8,10-11,13H,2-3,6,9,12H2,1H3,(H,23,24,26). The van der Waals surface area contributed by atoms with Crippen molar-refractivity contribution in [1.29, 1.82) is 0 Å². The van der Waals surface area contributed by atoms with Crippen LogP contribution < -0.4 is 10.1 Å². The molecule has 0 radical (unpaired) electrons. The van der Waals surface area contributed by atoms with Gasteiger partial charge in [0.05, 0.1) is 28.5 Å². The van der Waals surface area contributed by atoms with Gasteiger partial charge in [0.2, 0.25) is 5.91 Å². The summed E-state index contributed by atoms with van der Waals surface area (Å²) >= 11 is 1.41. The van der Waals surface area contributed by atoms with Gasteiger partial charge in [-0.05, 0) is 43.2 Å². The average Bonchev–Trinajstić information content (AvgIpc) is 3.26. The minimum atomic E-state index is -0.235. The fraction of sp³-hybridized carbons (Fsp3) is 0.273. The van der Waals surface area contributed by atoms with Crippen LogP contribution in [0.4, 0.5) is 5.13 Å². The predicted octanol–water partition coefficient (Wildman–Crippen LogP) is 4.10. The molecule has 1 N–H and O–H groups in total. The van der Waals surface area contributed by atoms with Gasteiger partial charge < -0.3 is 10.1 Å². The van der Waals surface area contributed by atoms with Gasteiger partial charge in [0.25, 0.3) is 11.8 Å². The number of carbonyl (C=O) groups excluding carboxylic acids is 3. The molecule has 0 atom stereocenters. The molecule has 3 amide bonds. The number of hydrogen-bond acceptors (Lipinski definition) is 6. The van der Waals surface area contributed by atoms with Crippen LogP contribution in [0.25, 0.3) is 10.2 Å². The van der Waals surface area contributed by atoms with E-state index in [4.69, 9.17) is 4.74 Å². The van der Waals surface area contributed by atoms with Crippen LogP contribution in [0.5, 0.6) is 5.75 Å². The Morgan fingerprint density at radius 3 is 2.50 bits per heavy atom. The Labute approximate surface area is 177 Å². The van der Waals surface area contributed by atoms with Crippen LogP contribution in [0.1, 0.15) is 46.4 Å². The van der Waals surface area contributed by atoms with Crippen molar-refractivity contribution < 1.29 is 19.1 Å². The van der Waals surface area contributed by atoms with Gasteiger partial charge in [0.1, 0.15) is 5.75 Å². The maximum Gasteiger partial charge on any atom is 0.261 e. The van der Waals surface area contributed by atoms with Crippen LogP contribution in [-0.4, -0.2) is 41.3 Å². The van der Waals surface area contributed by atoms with Gasteiger partial charge in [0.15, 0.2) is 5.13 Å². The third-order valence-corrected chi connectivity index (χ3v) is 5.94. The molecule has 0 spiro atoms. The molecule has 7 nitrogen and oxygen atoms in total. The van der Waals surface area contributed by atoms with Gasteiger partial charge in [0, 0.05) is 13.0 Å². The first kappa shape index (κ1) is 20.0. The summed E-state index contributed by atoms with van der Waals surface area (Å²) in [6, 6.07) is 12.5. The number of ether oxygens (including phenoxy) is 1. The lowest BCUT2D eigenvalue weighted by molar-refractivity contribution is -0.116. The van der Waals surface area contributed by atoms with Crippen LogP contribution >= 0.6 is 11.3 Å². The zero-order valence-electron chi connectivity index (χ0n) is 16.5. The van der Waals surface area contributed by atoms with E-state index < -0.39 is 0 Å². The minimum Gasteiger partial charge on any atom is -0.497 e. The van der Waals surface area contributed by atoms with E-state index in [0.29, 0.717) is 42.1 Å². The maximum absolute atomic E-state index is 12.3. The van der Waals surface area contributed by atoms with E-state index in [1.54, 1.807) is 31.4 Å². The summed E-state index contributed by atoms with van der Waals surface area (Å²) in [4.78, 5) is 42.5. The molecule has 0 unspecified atom stereocenters. The van der Waals surface area contributed by atoms with Crippen molar-refractivity contribution in [2.24, 2.45) is 0 Å². The summed E-state index contributed by atoms with van der Waals surface area (Å²) < 4.78 is 6.15. The molecular formula is C22H21N3O4S. The predicted molar refractivity (Wildman–Crippen MR) is 115 cm³/mol. The Morgan fingerprint density at radius 1 is 1.07 bits per heavy atom. The average molecular weight is 423 g/mol. The van der Waals surface area contributed by atoms with Gasteiger partial charge in [-0.15, -0.1) is 0 Å². The lowest BCUT2D eigenvalue weighted by Gasteiger charge is -2.13. The van der Waals surface area contributed by atoms with Crippen molar-refractivity contribution in [3.63, 3.8) is 0 Å². The molecule has 4 rings (SSSR count). The van der Waals surface area contributed by atoms with E-state index in [2.05, 4.69) is 10.3 Å². The van der Waals surface area contributed by atoms with E-state index in [1.165, 1.54) is 16.2 Å². The van der Waals surface area contributed by atoms with Gasteiger partial charge >= 0.3 is 0 Å². The third-order valence-electron chi connectivity index (χ3n) is 5.01. The Kier molecular flexibility index (Phi) is 5.76. The van der Waals surface area contributed by atoms with Crippen LogP contribution in [0, 0.1) is 0 Å². The summed E-state index contributed by atoms with van der Waals surface area (Å²) in [5.41, 5.74) is 1.75. The quantitative estimate of drug-likeness (QED) is 0.435. The Hall–Kier alpha value is -3.26. The number of methoxy groups -OCH3 is 1. The van der Waals surface area contributed by atoms with Crippen LogP contribution in [-0.2, 0) is 4.79 Å². The number of aromatic nitrogens is 1. The lowest BCUT2D eigenvalue weighted by Crippen LogP contribution is -2.30. The number of anilines is 1. The number of rotatable bonds is 8. The first-order valence-electron chi connectivity index (χ1n) is 9.76. The molecule has 0 bridgehead atoms. The highest BCUT2D eigenvalue weighted by molar-refractivity contribution is 7.22. The molecule has 0 fully saturated rings. The molecule has 8 heteroatoms. The fourth-order valence-electron chi connectivity index (χ4n) is 3.44. The number of nitrogens with zero attached hydrogens (tertiary/aromatic N) is 2. The van der Waals surface area contributed by atoms with Crippen molar-refractivity contribution in [2.45, 2.75) is 25.7 Å². The summed E-state index contributed by atoms with van der Waals surface area (Å²) in [7, 11) is 1.61. The van der Waals surface area contributed by atoms with E-state index in [9.17, 15) is 14.4 Å². The van der Waals surface area contributed by atoms with Crippen molar-refractivity contribution in [1.82, 2.24) is 9.88 Å². The van der Waals surface area contributed by atoms with E-state index >= 15 is 0 Å². The number of carbonyl (C=O) groups is 3. The van der Waals surface area contributed by atoms with Gasteiger partial charge in [-0.2, -0.15) is 0 Å². The maximum atomic E-state index is 12.3. The smallest absolute Gasteiger partial charge is 0.261 e. The van der Waals surface area contributed by atoms with Crippen LogP contribution in [0.2, 0.25) is 0 Å². The summed E-state index contributed by atoms with van der Waals surface area (Å²) in [5.74, 6) is 0.186. The van der Waals surface area contributed by atoms with E-state index in [1.807, 2.05) is 18.2 Å². The van der Waals surface area contributed by atoms with E-state index in [-0.39, 0.29) is 17.7 Å². The number of imide groups is 1. The Morgan fingerprint density at radius 2 is 1.80 bits per heavy atom. The SMILES string of the molecule is COc1ccc2nc(NC(=O)CCCCCN3C(=O)c4ccccc4C3=O)sc2c1. The normalized spacial score (nSPS) is 13.0. The Bertz CT molecular complexity index is 1090. The first-order chi connectivity index (χ1) is 14.6. The highest BCUT2D eigenvalue weighted by atomic mass is 32.1. The molecule has 3 aromatic rings. The highest BCUT2D eigenvalue weighted by Crippen LogP contribution is 2.29. The van der Waals surface area contributed by atoms with Crippen molar-refractivity contribution in [2.75, 3.05) is 19.0 Å². The monoisotopic (exact) mass is 423 g/mol. The van der Waals surface area contributed by atoms with Gasteiger partial charge in [-0.25, -0.2) is 4.98 Å². The molecule has 1 aliphatic heterocycles. The van der Waals surface area contributed by atoms with Crippen molar-refractivity contribution in [3.05, 3.63) is 53.6 Å². The summed E-state index contributed by atoms with van der Waals surface area (Å²) in [6.45, 7) is 0.369. The molecule has 1 aliphatic rings. The second-order valence-corrected chi connectivity index (χ2v) is 8.05. The number of thiazole rings is 1. The first-order valence-corrected chi connectivity index (χ1v) is 10.6. The van der Waals surface area contributed by atoms with Crippen molar-refractivity contribution >= 4 is 44.4 Å². The van der Waals surface area contributed by atoms with Crippen molar-refractivity contribution in [3.8, 4) is 5.75 Å². The molecule has 2 heterocycles. The molecule has 0 saturated carbocycles. The molecular weight excluding hydrogens is 402 g/mol. The third kappa shape index (κ3) is 4.04. The molecule has 2 aromatic carbocycles. The molecule has 0 aliphatic carbocycles. The highest BCUT2D eigenvalue weighted by Gasteiger charge is 2.34. The van der Waals surface area contributed by atoms with Crippen LogP contribution in [0.3, 0.4) is 0 Å². The zero-order valence-corrected chi connectivity index (χ0v) is 17.3. The number of hydrogen-bond donors (Lipinski definition) is 1. The lowest BCUT2D eigenvalue weighted by atomic mass is 10.1. The fourth-order valence-corrected chi connectivity index (χ4v) is 4.35. The van der Waals surface area contributed by atoms with E-state index in [0.717, 1.165) is 22.4 Å². The number of amides is 3.